The van der Waals surface area contributed by atoms with Crippen LogP contribution in [-0.4, -0.2) is 26.8 Å². The zero-order valence-corrected chi connectivity index (χ0v) is 15.2. The maximum absolute atomic E-state index is 12.0. The molecule has 0 spiro atoms. The van der Waals surface area contributed by atoms with Crippen molar-refractivity contribution in [2.24, 2.45) is 0 Å². The van der Waals surface area contributed by atoms with Gasteiger partial charge in [0.2, 0.25) is 5.91 Å². The van der Waals surface area contributed by atoms with Crippen molar-refractivity contribution in [3.05, 3.63) is 52.9 Å². The van der Waals surface area contributed by atoms with Gasteiger partial charge < -0.3 is 9.84 Å². The van der Waals surface area contributed by atoms with Crippen molar-refractivity contribution >= 4 is 35.1 Å². The van der Waals surface area contributed by atoms with Gasteiger partial charge in [0.05, 0.1) is 5.75 Å². The number of anilines is 1. The predicted molar refractivity (Wildman–Crippen MR) is 97.8 cm³/mol. The maximum Gasteiger partial charge on any atom is 0.236 e. The lowest BCUT2D eigenvalue weighted by Crippen LogP contribution is -2.14. The summed E-state index contributed by atoms with van der Waals surface area (Å²) in [5, 5.41) is 7.75. The number of hydrogen-bond acceptors (Lipinski definition) is 6. The number of aromatic nitrogens is 3. The SMILES string of the molecule is Cc1cc(SCC(=O)Nc2cc(C)on2)nc(-c2cccc(Cl)c2)n1. The monoisotopic (exact) mass is 374 g/mol. The minimum absolute atomic E-state index is 0.182. The van der Waals surface area contributed by atoms with E-state index in [1.54, 1.807) is 19.1 Å². The largest absolute Gasteiger partial charge is 0.360 e. The number of benzene rings is 1. The molecule has 3 aromatic rings. The second-order valence-corrected chi connectivity index (χ2v) is 6.77. The van der Waals surface area contributed by atoms with Crippen LogP contribution in [0.15, 0.2) is 45.9 Å². The highest BCUT2D eigenvalue weighted by atomic mass is 35.5. The fourth-order valence-electron chi connectivity index (χ4n) is 2.11. The van der Waals surface area contributed by atoms with Gasteiger partial charge in [0.15, 0.2) is 11.6 Å². The first kappa shape index (κ1) is 17.4. The Bertz CT molecular complexity index is 913. The van der Waals surface area contributed by atoms with Crippen LogP contribution in [0.3, 0.4) is 0 Å². The molecule has 0 aliphatic heterocycles. The molecule has 0 radical (unpaired) electrons. The van der Waals surface area contributed by atoms with E-state index in [4.69, 9.17) is 16.1 Å². The van der Waals surface area contributed by atoms with Crippen LogP contribution in [-0.2, 0) is 4.79 Å². The van der Waals surface area contributed by atoms with Crippen molar-refractivity contribution in [3.8, 4) is 11.4 Å². The molecule has 25 heavy (non-hydrogen) atoms. The van der Waals surface area contributed by atoms with Crippen LogP contribution >= 0.6 is 23.4 Å². The first-order valence-electron chi connectivity index (χ1n) is 7.47. The topological polar surface area (TPSA) is 80.9 Å². The van der Waals surface area contributed by atoms with Gasteiger partial charge in [-0.2, -0.15) is 0 Å². The molecule has 0 aliphatic rings. The van der Waals surface area contributed by atoms with Gasteiger partial charge in [0, 0.05) is 22.3 Å². The van der Waals surface area contributed by atoms with Crippen LogP contribution in [0, 0.1) is 13.8 Å². The zero-order valence-electron chi connectivity index (χ0n) is 13.6. The van der Waals surface area contributed by atoms with Crippen molar-refractivity contribution in [3.63, 3.8) is 0 Å². The number of nitrogens with one attached hydrogen (secondary N) is 1. The predicted octanol–water partition coefficient (Wildman–Crippen LogP) is 4.13. The Morgan fingerprint density at radius 1 is 1.24 bits per heavy atom. The fraction of sp³-hybridized carbons (Fsp3) is 0.176. The molecule has 0 aliphatic carbocycles. The lowest BCUT2D eigenvalue weighted by Gasteiger charge is -2.06. The van der Waals surface area contributed by atoms with Crippen LogP contribution in [0.2, 0.25) is 5.02 Å². The number of rotatable bonds is 5. The second-order valence-electron chi connectivity index (χ2n) is 5.34. The highest BCUT2D eigenvalue weighted by Gasteiger charge is 2.10. The zero-order chi connectivity index (χ0) is 17.8. The summed E-state index contributed by atoms with van der Waals surface area (Å²) in [4.78, 5) is 20.9. The molecule has 2 heterocycles. The third-order valence-corrected chi connectivity index (χ3v) is 4.31. The summed E-state index contributed by atoms with van der Waals surface area (Å²) in [6.45, 7) is 3.65. The molecule has 0 unspecified atom stereocenters. The number of hydrogen-bond donors (Lipinski definition) is 1. The second kappa shape index (κ2) is 7.67. The lowest BCUT2D eigenvalue weighted by molar-refractivity contribution is -0.113. The molecule has 0 saturated carbocycles. The van der Waals surface area contributed by atoms with Crippen LogP contribution in [0.5, 0.6) is 0 Å². The molecular weight excluding hydrogens is 360 g/mol. The Kier molecular flexibility index (Phi) is 5.35. The fourth-order valence-corrected chi connectivity index (χ4v) is 3.06. The molecule has 1 aromatic carbocycles. The Morgan fingerprint density at radius 3 is 2.80 bits per heavy atom. The number of nitrogens with zero attached hydrogens (tertiary/aromatic N) is 3. The van der Waals surface area contributed by atoms with E-state index in [0.717, 1.165) is 11.3 Å². The molecular formula is C17H15ClN4O2S. The molecule has 0 bridgehead atoms. The number of halogens is 1. The maximum atomic E-state index is 12.0. The number of carbonyl (C=O) groups excluding carboxylic acids is 1. The van der Waals surface area contributed by atoms with Gasteiger partial charge in [-0.05, 0) is 32.0 Å². The van der Waals surface area contributed by atoms with Gasteiger partial charge in [0.25, 0.3) is 0 Å². The molecule has 0 fully saturated rings. The summed E-state index contributed by atoms with van der Waals surface area (Å²) in [6.07, 6.45) is 0. The smallest absolute Gasteiger partial charge is 0.236 e. The van der Waals surface area contributed by atoms with Gasteiger partial charge in [0.1, 0.15) is 10.8 Å². The van der Waals surface area contributed by atoms with Crippen LogP contribution < -0.4 is 5.32 Å². The Hall–Kier alpha value is -2.38. The molecule has 1 N–H and O–H groups in total. The van der Waals surface area contributed by atoms with E-state index in [1.165, 1.54) is 11.8 Å². The third-order valence-electron chi connectivity index (χ3n) is 3.16. The minimum Gasteiger partial charge on any atom is -0.360 e. The highest BCUT2D eigenvalue weighted by Crippen LogP contribution is 2.23. The average Bonchev–Trinajstić information content (AvgIpc) is 2.97. The van der Waals surface area contributed by atoms with Crippen LogP contribution in [0.25, 0.3) is 11.4 Å². The summed E-state index contributed by atoms with van der Waals surface area (Å²) in [5.41, 5.74) is 1.65. The quantitative estimate of drug-likeness (QED) is 0.534. The number of aryl methyl sites for hydroxylation is 2. The normalized spacial score (nSPS) is 10.7. The van der Waals surface area contributed by atoms with E-state index in [-0.39, 0.29) is 11.7 Å². The first-order chi connectivity index (χ1) is 12.0. The number of thioether (sulfide) groups is 1. The van der Waals surface area contributed by atoms with Gasteiger partial charge >= 0.3 is 0 Å². The van der Waals surface area contributed by atoms with Gasteiger partial charge in [-0.3, -0.25) is 4.79 Å². The van der Waals surface area contributed by atoms with Crippen molar-refractivity contribution in [2.75, 3.05) is 11.1 Å². The van der Waals surface area contributed by atoms with E-state index >= 15 is 0 Å². The summed E-state index contributed by atoms with van der Waals surface area (Å²) in [6, 6.07) is 10.9. The summed E-state index contributed by atoms with van der Waals surface area (Å²) in [7, 11) is 0. The highest BCUT2D eigenvalue weighted by molar-refractivity contribution is 7.99. The van der Waals surface area contributed by atoms with Crippen LogP contribution in [0.1, 0.15) is 11.5 Å². The molecule has 2 aromatic heterocycles. The van der Waals surface area contributed by atoms with Crippen molar-refractivity contribution in [1.82, 2.24) is 15.1 Å². The molecule has 3 rings (SSSR count). The Morgan fingerprint density at radius 2 is 2.08 bits per heavy atom. The van der Waals surface area contributed by atoms with E-state index in [2.05, 4.69) is 20.4 Å². The molecule has 8 heteroatoms. The first-order valence-corrected chi connectivity index (χ1v) is 8.83. The third kappa shape index (κ3) is 4.80. The van der Waals surface area contributed by atoms with E-state index in [1.807, 2.05) is 31.2 Å². The van der Waals surface area contributed by atoms with Crippen molar-refractivity contribution in [2.45, 2.75) is 18.9 Å². The van der Waals surface area contributed by atoms with Crippen molar-refractivity contribution in [1.29, 1.82) is 0 Å². The van der Waals surface area contributed by atoms with E-state index in [9.17, 15) is 4.79 Å². The average molecular weight is 375 g/mol. The molecule has 0 saturated heterocycles. The summed E-state index contributed by atoms with van der Waals surface area (Å²) < 4.78 is 4.92. The van der Waals surface area contributed by atoms with Gasteiger partial charge in [-0.1, -0.05) is 40.7 Å². The molecule has 6 nitrogen and oxygen atoms in total. The Balaban J connectivity index is 1.69. The van der Waals surface area contributed by atoms with Crippen molar-refractivity contribution < 1.29 is 9.32 Å². The van der Waals surface area contributed by atoms with E-state index in [0.29, 0.717) is 27.5 Å². The lowest BCUT2D eigenvalue weighted by atomic mass is 10.2. The van der Waals surface area contributed by atoms with Gasteiger partial charge in [-0.25, -0.2) is 9.97 Å². The molecule has 0 atom stereocenters. The summed E-state index contributed by atoms with van der Waals surface area (Å²) in [5.74, 6) is 1.65. The van der Waals surface area contributed by atoms with Gasteiger partial charge in [-0.15, -0.1) is 0 Å². The minimum atomic E-state index is -0.182. The molecule has 1 amide bonds. The Labute approximate surface area is 154 Å². The van der Waals surface area contributed by atoms with E-state index < -0.39 is 0 Å². The number of amides is 1. The summed E-state index contributed by atoms with van der Waals surface area (Å²) >= 11 is 7.36. The molecule has 128 valence electrons. The van der Waals surface area contributed by atoms with Crippen LogP contribution in [0.4, 0.5) is 5.82 Å². The standard InChI is InChI=1S/C17H15ClN4O2S/c1-10-6-16(21-17(19-10)12-4-3-5-13(18)8-12)25-9-15(23)20-14-7-11(2)24-22-14/h3-8H,9H2,1-2H3,(H,20,22,23). The number of carbonyl (C=O) groups is 1.